The topological polar surface area (TPSA) is 80.2 Å². The molecule has 1 saturated heterocycles. The van der Waals surface area contributed by atoms with Crippen molar-refractivity contribution in [2.75, 3.05) is 0 Å². The minimum atomic E-state index is -1.33. The van der Waals surface area contributed by atoms with E-state index in [9.17, 15) is 14.4 Å². The summed E-state index contributed by atoms with van der Waals surface area (Å²) in [6.07, 6.45) is 1.62. The molecule has 0 radical (unpaired) electrons. The summed E-state index contributed by atoms with van der Waals surface area (Å²) in [5, 5.41) is 7.02. The van der Waals surface area contributed by atoms with Crippen molar-refractivity contribution in [2.45, 2.75) is 19.0 Å². The zero-order valence-electron chi connectivity index (χ0n) is 14.2. The molecule has 26 heavy (non-hydrogen) atoms. The van der Waals surface area contributed by atoms with Crippen LogP contribution in [0.3, 0.4) is 0 Å². The fourth-order valence-electron chi connectivity index (χ4n) is 3.39. The molecule has 1 unspecified atom stereocenters. The molecule has 3 amide bonds. The van der Waals surface area contributed by atoms with Crippen LogP contribution in [0.2, 0.25) is 0 Å². The molecule has 0 aliphatic carbocycles. The predicted octanol–water partition coefficient (Wildman–Crippen LogP) is 2.04. The van der Waals surface area contributed by atoms with E-state index in [1.807, 2.05) is 42.5 Å². The maximum absolute atomic E-state index is 12.7. The van der Waals surface area contributed by atoms with Crippen LogP contribution >= 0.6 is 0 Å². The highest BCUT2D eigenvalue weighted by Crippen LogP contribution is 2.29. The van der Waals surface area contributed by atoms with Gasteiger partial charge in [0.05, 0.1) is 6.54 Å². The molecule has 130 valence electrons. The van der Waals surface area contributed by atoms with Gasteiger partial charge in [0.25, 0.3) is 11.5 Å². The molecule has 2 aromatic carbocycles. The normalized spacial score (nSPS) is 19.4. The van der Waals surface area contributed by atoms with Crippen LogP contribution in [0.5, 0.6) is 0 Å². The number of pyridine rings is 1. The van der Waals surface area contributed by atoms with Crippen molar-refractivity contribution in [1.29, 1.82) is 0 Å². The van der Waals surface area contributed by atoms with Gasteiger partial charge in [-0.3, -0.25) is 14.9 Å². The van der Waals surface area contributed by atoms with Gasteiger partial charge >= 0.3 is 6.03 Å². The number of imide groups is 1. The first-order valence-electron chi connectivity index (χ1n) is 8.28. The van der Waals surface area contributed by atoms with Crippen molar-refractivity contribution in [3.05, 3.63) is 82.3 Å². The van der Waals surface area contributed by atoms with Gasteiger partial charge in [-0.05, 0) is 35.4 Å². The molecular formula is C20H17N3O3. The summed E-state index contributed by atoms with van der Waals surface area (Å²) in [5.41, 5.74) is -0.320. The van der Waals surface area contributed by atoms with E-state index in [-0.39, 0.29) is 12.1 Å². The number of benzene rings is 2. The fraction of sp³-hybridized carbons (Fsp3) is 0.150. The Morgan fingerprint density at radius 3 is 2.46 bits per heavy atom. The lowest BCUT2D eigenvalue weighted by atomic mass is 9.88. The van der Waals surface area contributed by atoms with Crippen LogP contribution in [0.25, 0.3) is 10.8 Å². The summed E-state index contributed by atoms with van der Waals surface area (Å²) in [7, 11) is 0. The zero-order valence-corrected chi connectivity index (χ0v) is 14.2. The highest BCUT2D eigenvalue weighted by atomic mass is 16.2. The van der Waals surface area contributed by atoms with Gasteiger partial charge in [0.2, 0.25) is 0 Å². The van der Waals surface area contributed by atoms with Gasteiger partial charge in [0.15, 0.2) is 5.54 Å². The monoisotopic (exact) mass is 347 g/mol. The molecule has 1 fully saturated rings. The third-order valence-electron chi connectivity index (χ3n) is 4.80. The van der Waals surface area contributed by atoms with E-state index in [4.69, 9.17) is 0 Å². The molecule has 1 atom stereocenters. The minimum Gasteiger partial charge on any atom is -0.318 e. The maximum atomic E-state index is 12.7. The van der Waals surface area contributed by atoms with E-state index in [1.54, 1.807) is 25.3 Å². The second-order valence-electron chi connectivity index (χ2n) is 6.50. The minimum absolute atomic E-state index is 0.0173. The van der Waals surface area contributed by atoms with Gasteiger partial charge in [-0.1, -0.05) is 42.5 Å². The molecule has 2 N–H and O–H groups in total. The van der Waals surface area contributed by atoms with Crippen molar-refractivity contribution in [3.8, 4) is 0 Å². The highest BCUT2D eigenvalue weighted by molar-refractivity contribution is 6.07. The van der Waals surface area contributed by atoms with Crippen LogP contribution in [0.4, 0.5) is 4.79 Å². The van der Waals surface area contributed by atoms with E-state index in [2.05, 4.69) is 10.6 Å². The molecular weight excluding hydrogens is 330 g/mol. The molecule has 2 heterocycles. The number of aromatic nitrogens is 1. The molecule has 6 heteroatoms. The lowest BCUT2D eigenvalue weighted by Crippen LogP contribution is -2.49. The van der Waals surface area contributed by atoms with Gasteiger partial charge in [-0.2, -0.15) is 0 Å². The van der Waals surface area contributed by atoms with Crippen molar-refractivity contribution in [3.63, 3.8) is 0 Å². The van der Waals surface area contributed by atoms with Crippen LogP contribution in [0.1, 0.15) is 11.1 Å². The number of urea groups is 1. The molecule has 1 aliphatic rings. The third kappa shape index (κ3) is 2.47. The third-order valence-corrected chi connectivity index (χ3v) is 4.80. The lowest BCUT2D eigenvalue weighted by molar-refractivity contribution is -0.124. The summed E-state index contributed by atoms with van der Waals surface area (Å²) in [5.74, 6) is -0.466. The summed E-state index contributed by atoms with van der Waals surface area (Å²) in [6, 6.07) is 16.3. The number of fused-ring (bicyclic) bond motifs is 1. The summed E-state index contributed by atoms with van der Waals surface area (Å²) in [6.45, 7) is 1.73. The van der Waals surface area contributed by atoms with Gasteiger partial charge < -0.3 is 9.88 Å². The number of amides is 3. The zero-order chi connectivity index (χ0) is 18.3. The number of nitrogens with zero attached hydrogens (tertiary/aromatic N) is 1. The van der Waals surface area contributed by atoms with Crippen LogP contribution in [-0.4, -0.2) is 16.5 Å². The molecule has 0 saturated carbocycles. The Morgan fingerprint density at radius 2 is 1.73 bits per heavy atom. The first-order chi connectivity index (χ1) is 12.5. The van der Waals surface area contributed by atoms with E-state index in [0.717, 1.165) is 10.8 Å². The Labute approximate surface area is 149 Å². The number of carbonyl (C=O) groups excluding carboxylic acids is 2. The van der Waals surface area contributed by atoms with Crippen molar-refractivity contribution < 1.29 is 9.59 Å². The Bertz CT molecular complexity index is 1100. The summed E-state index contributed by atoms with van der Waals surface area (Å²) >= 11 is 0. The Kier molecular flexibility index (Phi) is 3.61. The molecule has 0 bridgehead atoms. The Morgan fingerprint density at radius 1 is 0.962 bits per heavy atom. The van der Waals surface area contributed by atoms with E-state index < -0.39 is 17.5 Å². The first kappa shape index (κ1) is 16.1. The van der Waals surface area contributed by atoms with Crippen LogP contribution in [0.15, 0.2) is 65.6 Å². The smallest absolute Gasteiger partial charge is 0.318 e. The Balaban J connectivity index is 1.89. The van der Waals surface area contributed by atoms with Gasteiger partial charge in [0.1, 0.15) is 0 Å². The van der Waals surface area contributed by atoms with Crippen molar-refractivity contribution in [2.24, 2.45) is 0 Å². The Hall–Kier alpha value is -3.41. The predicted molar refractivity (Wildman–Crippen MR) is 97.7 cm³/mol. The van der Waals surface area contributed by atoms with Crippen LogP contribution < -0.4 is 16.2 Å². The van der Waals surface area contributed by atoms with Crippen LogP contribution in [0, 0.1) is 6.92 Å². The van der Waals surface area contributed by atoms with Crippen molar-refractivity contribution >= 4 is 22.7 Å². The molecule has 3 aromatic rings. The number of aryl methyl sites for hydroxylation is 1. The largest absolute Gasteiger partial charge is 0.322 e. The molecule has 6 nitrogen and oxygen atoms in total. The number of hydrogen-bond donors (Lipinski definition) is 2. The highest BCUT2D eigenvalue weighted by Gasteiger charge is 2.48. The summed E-state index contributed by atoms with van der Waals surface area (Å²) in [4.78, 5) is 37.1. The van der Waals surface area contributed by atoms with Crippen molar-refractivity contribution in [1.82, 2.24) is 15.2 Å². The second-order valence-corrected chi connectivity index (χ2v) is 6.50. The molecule has 1 aromatic heterocycles. The molecule has 0 spiro atoms. The number of carbonyl (C=O) groups is 2. The van der Waals surface area contributed by atoms with E-state index in [1.165, 1.54) is 4.57 Å². The lowest BCUT2D eigenvalue weighted by Gasteiger charge is -2.28. The number of rotatable bonds is 3. The molecule has 1 aliphatic heterocycles. The number of hydrogen-bond acceptors (Lipinski definition) is 3. The average Bonchev–Trinajstić information content (AvgIpc) is 2.93. The second kappa shape index (κ2) is 5.84. The molecule has 4 rings (SSSR count). The van der Waals surface area contributed by atoms with Gasteiger partial charge in [0, 0.05) is 11.8 Å². The first-order valence-corrected chi connectivity index (χ1v) is 8.28. The maximum Gasteiger partial charge on any atom is 0.322 e. The summed E-state index contributed by atoms with van der Waals surface area (Å²) < 4.78 is 1.45. The van der Waals surface area contributed by atoms with Gasteiger partial charge in [-0.15, -0.1) is 0 Å². The van der Waals surface area contributed by atoms with E-state index >= 15 is 0 Å². The average molecular weight is 347 g/mol. The quantitative estimate of drug-likeness (QED) is 0.712. The van der Waals surface area contributed by atoms with Crippen LogP contribution in [-0.2, 0) is 16.9 Å². The number of nitrogens with one attached hydrogen (secondary N) is 2. The standard InChI is InChI=1S/C20H17N3O3/c1-13-5-4-10-23(17(13)24)12-20(18(25)21-19(26)22-20)16-9-8-14-6-2-3-7-15(14)11-16/h2-11H,12H2,1H3,(H2,21,22,25,26). The SMILES string of the molecule is Cc1cccn(CC2(c3ccc4ccccc4c3)NC(=O)NC2=O)c1=O. The van der Waals surface area contributed by atoms with Gasteiger partial charge in [-0.25, -0.2) is 4.79 Å². The fourth-order valence-corrected chi connectivity index (χ4v) is 3.39. The van der Waals surface area contributed by atoms with E-state index in [0.29, 0.717) is 11.1 Å².